The van der Waals surface area contributed by atoms with Gasteiger partial charge in [-0.25, -0.2) is 13.6 Å². The molecule has 0 spiro atoms. The Bertz CT molecular complexity index is 1160. The third-order valence-electron chi connectivity index (χ3n) is 4.85. The molecule has 0 amide bonds. The van der Waals surface area contributed by atoms with Gasteiger partial charge in [-0.3, -0.25) is 4.79 Å². The lowest BCUT2D eigenvalue weighted by Gasteiger charge is -2.16. The van der Waals surface area contributed by atoms with Gasteiger partial charge in [0.25, 0.3) is 5.56 Å². The molecule has 0 saturated heterocycles. The smallest absolute Gasteiger partial charge is 0.337 e. The highest BCUT2D eigenvalue weighted by molar-refractivity contribution is 9.10. The van der Waals surface area contributed by atoms with E-state index in [2.05, 4.69) is 20.9 Å². The molecule has 0 bridgehead atoms. The summed E-state index contributed by atoms with van der Waals surface area (Å²) in [6, 6.07) is 10.3. The Kier molecular flexibility index (Phi) is 7.22. The molecule has 3 aromatic rings. The molecule has 1 aromatic heterocycles. The fourth-order valence-electron chi connectivity index (χ4n) is 3.14. The number of carbonyl (C=O) groups excluding carboxylic acids is 1. The second-order valence-corrected chi connectivity index (χ2v) is 7.71. The predicted molar refractivity (Wildman–Crippen MR) is 115 cm³/mol. The molecule has 1 heterocycles. The molecule has 5 nitrogen and oxygen atoms in total. The van der Waals surface area contributed by atoms with Crippen LogP contribution in [0.1, 0.15) is 32.7 Å². The summed E-state index contributed by atoms with van der Waals surface area (Å²) in [6.45, 7) is 1.60. The van der Waals surface area contributed by atoms with E-state index in [-0.39, 0.29) is 22.2 Å². The minimum absolute atomic E-state index is 0.158. The summed E-state index contributed by atoms with van der Waals surface area (Å²) in [5.74, 6) is -1.48. The van der Waals surface area contributed by atoms with E-state index in [0.29, 0.717) is 29.8 Å². The number of carbonyl (C=O) groups is 1. The first-order chi connectivity index (χ1) is 14.8. The van der Waals surface area contributed by atoms with E-state index in [4.69, 9.17) is 9.47 Å². The Hall–Kier alpha value is -3.00. The number of pyridine rings is 1. The quantitative estimate of drug-likeness (QED) is 0.478. The SMILES string of the molecule is COC(=O)c1ccc(CCc2c(C)[nH]c(=O)c(Br)c2OCc2ccc(F)cc2F)cc1. The number of H-pyrrole nitrogens is 1. The van der Waals surface area contributed by atoms with Gasteiger partial charge in [0.2, 0.25) is 0 Å². The Balaban J connectivity index is 1.82. The van der Waals surface area contributed by atoms with Gasteiger partial charge in [0.1, 0.15) is 28.5 Å². The molecular formula is C23H20BrF2NO4. The molecule has 3 rings (SSSR count). The number of halogens is 3. The molecule has 31 heavy (non-hydrogen) atoms. The van der Waals surface area contributed by atoms with Crippen LogP contribution in [0.4, 0.5) is 8.78 Å². The number of aromatic amines is 1. The van der Waals surface area contributed by atoms with Crippen LogP contribution in [-0.4, -0.2) is 18.1 Å². The molecule has 0 unspecified atom stereocenters. The van der Waals surface area contributed by atoms with Crippen LogP contribution < -0.4 is 10.3 Å². The zero-order valence-corrected chi connectivity index (χ0v) is 18.5. The summed E-state index contributed by atoms with van der Waals surface area (Å²) in [6.07, 6.45) is 1.14. The van der Waals surface area contributed by atoms with Crippen molar-refractivity contribution in [1.82, 2.24) is 4.98 Å². The monoisotopic (exact) mass is 491 g/mol. The molecule has 0 fully saturated rings. The van der Waals surface area contributed by atoms with Gasteiger partial charge in [-0.05, 0) is 65.5 Å². The van der Waals surface area contributed by atoms with Crippen molar-refractivity contribution >= 4 is 21.9 Å². The van der Waals surface area contributed by atoms with Gasteiger partial charge in [0.05, 0.1) is 12.7 Å². The number of rotatable bonds is 7. The standard InChI is InChI=1S/C23H20BrF2NO4/c1-13-18(10-5-14-3-6-15(7-4-14)23(29)30-2)21(20(24)22(28)27-13)31-12-16-8-9-17(25)11-19(16)26/h3-4,6-9,11H,5,10,12H2,1-2H3,(H,27,28). The summed E-state index contributed by atoms with van der Waals surface area (Å²) in [4.78, 5) is 26.5. The lowest BCUT2D eigenvalue weighted by Crippen LogP contribution is -2.15. The molecule has 8 heteroatoms. The van der Waals surface area contributed by atoms with Gasteiger partial charge < -0.3 is 14.5 Å². The number of ether oxygens (including phenoxy) is 2. The number of benzene rings is 2. The van der Waals surface area contributed by atoms with Crippen molar-refractivity contribution in [1.29, 1.82) is 0 Å². The second-order valence-electron chi connectivity index (χ2n) is 6.91. The van der Waals surface area contributed by atoms with E-state index >= 15 is 0 Å². The van der Waals surface area contributed by atoms with Crippen LogP contribution in [0.2, 0.25) is 0 Å². The first-order valence-corrected chi connectivity index (χ1v) is 10.2. The van der Waals surface area contributed by atoms with Crippen molar-refractivity contribution < 1.29 is 23.0 Å². The zero-order chi connectivity index (χ0) is 22.5. The number of nitrogens with one attached hydrogen (secondary N) is 1. The molecule has 2 aromatic carbocycles. The van der Waals surface area contributed by atoms with Crippen LogP contribution in [0.25, 0.3) is 0 Å². The first kappa shape index (κ1) is 22.7. The Labute approximate surface area is 186 Å². The summed E-state index contributed by atoms with van der Waals surface area (Å²) < 4.78 is 37.8. The molecule has 1 N–H and O–H groups in total. The average molecular weight is 492 g/mol. The maximum absolute atomic E-state index is 14.0. The number of esters is 1. The van der Waals surface area contributed by atoms with E-state index in [0.717, 1.165) is 23.3 Å². The molecule has 0 aliphatic rings. The number of hydrogen-bond acceptors (Lipinski definition) is 4. The van der Waals surface area contributed by atoms with Crippen LogP contribution in [0.5, 0.6) is 5.75 Å². The van der Waals surface area contributed by atoms with Crippen LogP contribution >= 0.6 is 15.9 Å². The van der Waals surface area contributed by atoms with Crippen molar-refractivity contribution in [3.63, 3.8) is 0 Å². The van der Waals surface area contributed by atoms with Crippen LogP contribution in [-0.2, 0) is 24.2 Å². The maximum atomic E-state index is 14.0. The maximum Gasteiger partial charge on any atom is 0.337 e. The van der Waals surface area contributed by atoms with E-state index < -0.39 is 17.6 Å². The summed E-state index contributed by atoms with van der Waals surface area (Å²) in [5, 5.41) is 0. The molecule has 0 radical (unpaired) electrons. The largest absolute Gasteiger partial charge is 0.487 e. The number of aromatic nitrogens is 1. The normalized spacial score (nSPS) is 10.7. The Morgan fingerprint density at radius 3 is 2.45 bits per heavy atom. The topological polar surface area (TPSA) is 68.4 Å². The van der Waals surface area contributed by atoms with Crippen LogP contribution in [0.15, 0.2) is 51.7 Å². The van der Waals surface area contributed by atoms with E-state index in [1.807, 2.05) is 12.1 Å². The van der Waals surface area contributed by atoms with Crippen molar-refractivity contribution in [2.45, 2.75) is 26.4 Å². The third-order valence-corrected chi connectivity index (χ3v) is 5.57. The average Bonchev–Trinajstić information content (AvgIpc) is 2.75. The predicted octanol–water partition coefficient (Wildman–Crippen LogP) is 4.87. The van der Waals surface area contributed by atoms with Crippen molar-refractivity contribution in [2.24, 2.45) is 0 Å². The van der Waals surface area contributed by atoms with Gasteiger partial charge in [-0.15, -0.1) is 0 Å². The number of hydrogen-bond donors (Lipinski definition) is 1. The van der Waals surface area contributed by atoms with Gasteiger partial charge in [0.15, 0.2) is 0 Å². The van der Waals surface area contributed by atoms with Crippen LogP contribution in [0, 0.1) is 18.6 Å². The fraction of sp³-hybridized carbons (Fsp3) is 0.217. The van der Waals surface area contributed by atoms with Gasteiger partial charge in [0, 0.05) is 22.9 Å². The number of methoxy groups -OCH3 is 1. The fourth-order valence-corrected chi connectivity index (χ4v) is 3.59. The molecule has 0 aliphatic heterocycles. The lowest BCUT2D eigenvalue weighted by molar-refractivity contribution is 0.0600. The van der Waals surface area contributed by atoms with Crippen LogP contribution in [0.3, 0.4) is 0 Å². The summed E-state index contributed by atoms with van der Waals surface area (Å²) >= 11 is 3.25. The van der Waals surface area contributed by atoms with E-state index in [9.17, 15) is 18.4 Å². The van der Waals surface area contributed by atoms with Crippen molar-refractivity contribution in [3.8, 4) is 5.75 Å². The highest BCUT2D eigenvalue weighted by Gasteiger charge is 2.17. The van der Waals surface area contributed by atoms with Gasteiger partial charge in [-0.1, -0.05) is 12.1 Å². The highest BCUT2D eigenvalue weighted by Crippen LogP contribution is 2.30. The zero-order valence-electron chi connectivity index (χ0n) is 16.9. The minimum atomic E-state index is -0.718. The molecule has 162 valence electrons. The van der Waals surface area contributed by atoms with Gasteiger partial charge in [-0.2, -0.15) is 0 Å². The summed E-state index contributed by atoms with van der Waals surface area (Å²) in [5.41, 5.74) is 2.64. The Morgan fingerprint density at radius 2 is 1.81 bits per heavy atom. The highest BCUT2D eigenvalue weighted by atomic mass is 79.9. The Morgan fingerprint density at radius 1 is 1.10 bits per heavy atom. The lowest BCUT2D eigenvalue weighted by atomic mass is 10.0. The summed E-state index contributed by atoms with van der Waals surface area (Å²) in [7, 11) is 1.33. The van der Waals surface area contributed by atoms with E-state index in [1.165, 1.54) is 13.2 Å². The molecular weight excluding hydrogens is 472 g/mol. The van der Waals surface area contributed by atoms with Crippen molar-refractivity contribution in [3.05, 3.63) is 96.9 Å². The second kappa shape index (κ2) is 9.87. The van der Waals surface area contributed by atoms with Crippen molar-refractivity contribution in [2.75, 3.05) is 7.11 Å². The molecule has 0 aliphatic carbocycles. The molecule has 0 saturated carbocycles. The first-order valence-electron chi connectivity index (χ1n) is 9.45. The third kappa shape index (κ3) is 5.38. The molecule has 0 atom stereocenters. The van der Waals surface area contributed by atoms with E-state index in [1.54, 1.807) is 19.1 Å². The van der Waals surface area contributed by atoms with Gasteiger partial charge >= 0.3 is 5.97 Å². The number of aryl methyl sites for hydroxylation is 2. The minimum Gasteiger partial charge on any atom is -0.487 e.